The number of hydrogen-bond acceptors (Lipinski definition) is 5. The first kappa shape index (κ1) is 15.7. The number of piperazine rings is 1. The third-order valence-corrected chi connectivity index (χ3v) is 2.58. The van der Waals surface area contributed by atoms with Crippen molar-refractivity contribution in [2.75, 3.05) is 39.5 Å². The van der Waals surface area contributed by atoms with Gasteiger partial charge in [0.15, 0.2) is 0 Å². The molecule has 0 bridgehead atoms. The van der Waals surface area contributed by atoms with Gasteiger partial charge in [0, 0.05) is 32.3 Å². The van der Waals surface area contributed by atoms with Gasteiger partial charge in [0.25, 0.3) is 0 Å². The molecule has 0 aromatic rings. The zero-order chi connectivity index (χ0) is 14.3. The van der Waals surface area contributed by atoms with Crippen molar-refractivity contribution in [1.82, 2.24) is 9.80 Å². The number of nitrogens with zero attached hydrogens (tertiary/aromatic N) is 2. The van der Waals surface area contributed by atoms with E-state index in [1.54, 1.807) is 10.8 Å². The van der Waals surface area contributed by atoms with Crippen LogP contribution in [0.2, 0.25) is 0 Å². The van der Waals surface area contributed by atoms with E-state index < -0.39 is 5.60 Å². The van der Waals surface area contributed by atoms with Gasteiger partial charge in [-0.1, -0.05) is 0 Å². The first-order chi connectivity index (χ1) is 8.92. The summed E-state index contributed by atoms with van der Waals surface area (Å²) in [5.74, 6) is 1.66. The number of carbonyl (C=O) groups is 1. The van der Waals surface area contributed by atoms with Crippen LogP contribution in [0.3, 0.4) is 0 Å². The zero-order valence-corrected chi connectivity index (χ0v) is 11.8. The summed E-state index contributed by atoms with van der Waals surface area (Å²) in [6.45, 7) is 9.04. The van der Waals surface area contributed by atoms with Crippen molar-refractivity contribution < 1.29 is 19.1 Å². The van der Waals surface area contributed by atoms with Gasteiger partial charge in [-0.05, 0) is 20.8 Å². The van der Waals surface area contributed by atoms with Gasteiger partial charge in [-0.2, -0.15) is 0 Å². The largest absolute Gasteiger partial charge is 0.444 e. The zero-order valence-electron chi connectivity index (χ0n) is 11.8. The molecule has 0 radical (unpaired) electrons. The van der Waals surface area contributed by atoms with Gasteiger partial charge >= 0.3 is 6.09 Å². The van der Waals surface area contributed by atoms with Gasteiger partial charge in [-0.25, -0.2) is 9.59 Å². The molecule has 0 spiro atoms. The number of ether oxygens (including phenoxy) is 2. The predicted octanol–water partition coefficient (Wildman–Crippen LogP) is 0.901. The summed E-state index contributed by atoms with van der Waals surface area (Å²) in [5, 5.41) is 0. The van der Waals surface area contributed by atoms with Crippen molar-refractivity contribution in [3.05, 3.63) is 6.08 Å². The third kappa shape index (κ3) is 6.38. The van der Waals surface area contributed by atoms with Gasteiger partial charge in [-0.3, -0.25) is 4.90 Å². The number of hydrogen-bond donors (Lipinski definition) is 0. The summed E-state index contributed by atoms with van der Waals surface area (Å²) < 4.78 is 10.6. The summed E-state index contributed by atoms with van der Waals surface area (Å²) in [5.41, 5.74) is -0.460. The maximum absolute atomic E-state index is 11.8. The van der Waals surface area contributed by atoms with E-state index in [0.717, 1.165) is 13.1 Å². The number of amides is 1. The minimum Gasteiger partial charge on any atom is -0.444 e. The lowest BCUT2D eigenvalue weighted by atomic mass is 10.2. The average Bonchev–Trinajstić information content (AvgIpc) is 2.33. The van der Waals surface area contributed by atoms with Crippen molar-refractivity contribution in [3.63, 3.8) is 0 Å². The summed E-state index contributed by atoms with van der Waals surface area (Å²) >= 11 is 0. The average molecular weight is 270 g/mol. The first-order valence-electron chi connectivity index (χ1n) is 6.40. The van der Waals surface area contributed by atoms with Crippen LogP contribution in [0.25, 0.3) is 0 Å². The highest BCUT2D eigenvalue weighted by molar-refractivity contribution is 5.68. The van der Waals surface area contributed by atoms with E-state index in [-0.39, 0.29) is 12.7 Å². The number of carbonyl (C=O) groups excluding carboxylic acids is 2. The highest BCUT2D eigenvalue weighted by Crippen LogP contribution is 2.11. The van der Waals surface area contributed by atoms with E-state index in [4.69, 9.17) is 9.47 Å². The quantitative estimate of drug-likeness (QED) is 0.561. The fourth-order valence-electron chi connectivity index (χ4n) is 1.66. The van der Waals surface area contributed by atoms with E-state index in [2.05, 4.69) is 4.90 Å². The Bertz CT molecular complexity index is 337. The second-order valence-corrected chi connectivity index (χ2v) is 5.41. The molecule has 1 aliphatic rings. The van der Waals surface area contributed by atoms with Crippen LogP contribution in [0, 0.1) is 0 Å². The van der Waals surface area contributed by atoms with Crippen molar-refractivity contribution in [2.24, 2.45) is 0 Å². The lowest BCUT2D eigenvalue weighted by Gasteiger charge is -2.35. The molecule has 0 unspecified atom stereocenters. The van der Waals surface area contributed by atoms with Gasteiger partial charge in [0.2, 0.25) is 0 Å². The molecule has 0 aromatic carbocycles. The smallest absolute Gasteiger partial charge is 0.410 e. The molecule has 6 heteroatoms. The van der Waals surface area contributed by atoms with Crippen LogP contribution >= 0.6 is 0 Å². The van der Waals surface area contributed by atoms with Crippen LogP contribution in [0.5, 0.6) is 0 Å². The topological polar surface area (TPSA) is 59.1 Å². The Hall–Kier alpha value is -1.36. The van der Waals surface area contributed by atoms with E-state index >= 15 is 0 Å². The second-order valence-electron chi connectivity index (χ2n) is 5.41. The molecular weight excluding hydrogens is 248 g/mol. The fraction of sp³-hybridized carbons (Fsp3) is 0.769. The Kier molecular flexibility index (Phi) is 6.02. The predicted molar refractivity (Wildman–Crippen MR) is 70.5 cm³/mol. The number of rotatable bonds is 4. The molecule has 1 rings (SSSR count). The Labute approximate surface area is 113 Å². The van der Waals surface area contributed by atoms with Crippen LogP contribution in [0.1, 0.15) is 20.8 Å². The van der Waals surface area contributed by atoms with Crippen molar-refractivity contribution in [2.45, 2.75) is 26.4 Å². The monoisotopic (exact) mass is 270 g/mol. The highest BCUT2D eigenvalue weighted by atomic mass is 16.6. The Morgan fingerprint density at radius 1 is 1.26 bits per heavy atom. The molecule has 0 aliphatic carbocycles. The maximum Gasteiger partial charge on any atom is 0.410 e. The van der Waals surface area contributed by atoms with Crippen LogP contribution in [-0.2, 0) is 14.3 Å². The molecule has 1 heterocycles. The second kappa shape index (κ2) is 7.28. The van der Waals surface area contributed by atoms with Crippen LogP contribution < -0.4 is 0 Å². The Morgan fingerprint density at radius 2 is 1.89 bits per heavy atom. The molecule has 108 valence electrons. The van der Waals surface area contributed by atoms with E-state index in [1.807, 2.05) is 20.8 Å². The van der Waals surface area contributed by atoms with Crippen molar-refractivity contribution in [1.29, 1.82) is 0 Å². The summed E-state index contributed by atoms with van der Waals surface area (Å²) in [7, 11) is 0. The molecule has 1 aliphatic heterocycles. The normalized spacial score (nSPS) is 16.9. The highest BCUT2D eigenvalue weighted by Gasteiger charge is 2.25. The summed E-state index contributed by atoms with van der Waals surface area (Å²) in [4.78, 5) is 25.6. The Morgan fingerprint density at radius 3 is 2.42 bits per heavy atom. The SMILES string of the molecule is CC(C)(C)OC(=O)N1CCN(COCC=C=O)CC1. The van der Waals surface area contributed by atoms with Crippen LogP contribution in [0.15, 0.2) is 6.08 Å². The minimum atomic E-state index is -0.460. The Balaban J connectivity index is 2.25. The van der Waals surface area contributed by atoms with E-state index in [0.29, 0.717) is 19.8 Å². The molecule has 1 saturated heterocycles. The lowest BCUT2D eigenvalue weighted by Crippen LogP contribution is -2.50. The van der Waals surface area contributed by atoms with Gasteiger partial charge < -0.3 is 14.4 Å². The van der Waals surface area contributed by atoms with Gasteiger partial charge in [0.1, 0.15) is 11.5 Å². The van der Waals surface area contributed by atoms with Crippen LogP contribution in [-0.4, -0.2) is 67.0 Å². The third-order valence-electron chi connectivity index (χ3n) is 2.58. The van der Waals surface area contributed by atoms with Crippen LogP contribution in [0.4, 0.5) is 4.79 Å². The fourth-order valence-corrected chi connectivity index (χ4v) is 1.66. The molecule has 0 atom stereocenters. The molecule has 6 nitrogen and oxygen atoms in total. The summed E-state index contributed by atoms with van der Waals surface area (Å²) in [6, 6.07) is 0. The van der Waals surface area contributed by atoms with Crippen molar-refractivity contribution in [3.8, 4) is 0 Å². The molecule has 1 fully saturated rings. The molecule has 1 amide bonds. The van der Waals surface area contributed by atoms with Gasteiger partial charge in [0.05, 0.1) is 13.3 Å². The van der Waals surface area contributed by atoms with E-state index in [1.165, 1.54) is 6.08 Å². The standard InChI is InChI=1S/C13H22N2O4/c1-13(2,3)19-12(17)15-7-5-14(6-8-15)11-18-10-4-9-16/h4H,5-8,10-11H2,1-3H3. The van der Waals surface area contributed by atoms with E-state index in [9.17, 15) is 9.59 Å². The maximum atomic E-state index is 11.8. The summed E-state index contributed by atoms with van der Waals surface area (Å²) in [6.07, 6.45) is 1.04. The lowest BCUT2D eigenvalue weighted by molar-refractivity contribution is -0.00810. The molecule has 0 aromatic heterocycles. The molecule has 0 saturated carbocycles. The molecule has 19 heavy (non-hydrogen) atoms. The minimum absolute atomic E-state index is 0.267. The van der Waals surface area contributed by atoms with Gasteiger partial charge in [-0.15, -0.1) is 0 Å². The first-order valence-corrected chi connectivity index (χ1v) is 6.40. The van der Waals surface area contributed by atoms with Crippen molar-refractivity contribution >= 4 is 12.0 Å². The molecular formula is C13H22N2O4. The molecule has 0 N–H and O–H groups in total.